The van der Waals surface area contributed by atoms with Gasteiger partial charge in [0.05, 0.1) is 5.69 Å². The highest BCUT2D eigenvalue weighted by Crippen LogP contribution is 2.30. The Kier molecular flexibility index (Phi) is 2.13. The number of nitrogens with two attached hydrogens (primary N) is 1. The van der Waals surface area contributed by atoms with Gasteiger partial charge >= 0.3 is 0 Å². The minimum Gasteiger partial charge on any atom is -0.451 e. The predicted molar refractivity (Wildman–Crippen MR) is 45.7 cm³/mol. The van der Waals surface area contributed by atoms with Gasteiger partial charge in [-0.2, -0.15) is 0 Å². The van der Waals surface area contributed by atoms with E-state index < -0.39 is 0 Å². The van der Waals surface area contributed by atoms with Gasteiger partial charge in [-0.25, -0.2) is 4.98 Å². The normalized spacial score (nSPS) is 30.4. The van der Waals surface area contributed by atoms with Crippen molar-refractivity contribution in [2.45, 2.75) is 37.6 Å². The van der Waals surface area contributed by atoms with Crippen molar-refractivity contribution in [3.8, 4) is 0 Å². The lowest BCUT2D eigenvalue weighted by molar-refractivity contribution is 0.379. The van der Waals surface area contributed by atoms with Gasteiger partial charge in [0.1, 0.15) is 6.26 Å². The smallest absolute Gasteiger partial charge is 0.180 e. The minimum absolute atomic E-state index is 0.281. The van der Waals surface area contributed by atoms with E-state index in [0.29, 0.717) is 5.92 Å². The van der Waals surface area contributed by atoms with Gasteiger partial charge in [-0.3, -0.25) is 0 Å². The van der Waals surface area contributed by atoms with Crippen LogP contribution < -0.4 is 5.73 Å². The quantitative estimate of drug-likeness (QED) is 0.690. The van der Waals surface area contributed by atoms with Crippen LogP contribution >= 0.6 is 0 Å². The second kappa shape index (κ2) is 3.27. The molecule has 0 saturated heterocycles. The van der Waals surface area contributed by atoms with Crippen molar-refractivity contribution in [2.24, 2.45) is 5.73 Å². The molecule has 1 fully saturated rings. The van der Waals surface area contributed by atoms with Gasteiger partial charge in [0.2, 0.25) is 0 Å². The van der Waals surface area contributed by atoms with Crippen molar-refractivity contribution in [3.63, 3.8) is 0 Å². The lowest BCUT2D eigenvalue weighted by atomic mass is 9.83. The molecule has 0 aliphatic heterocycles. The molecule has 0 spiro atoms. The molecule has 12 heavy (non-hydrogen) atoms. The van der Waals surface area contributed by atoms with Crippen LogP contribution in [0.25, 0.3) is 0 Å². The fraction of sp³-hybridized carbons (Fsp3) is 0.667. The van der Waals surface area contributed by atoms with Crippen LogP contribution in [0.15, 0.2) is 17.1 Å². The Labute approximate surface area is 72.0 Å². The van der Waals surface area contributed by atoms with Crippen LogP contribution in [-0.2, 0) is 0 Å². The van der Waals surface area contributed by atoms with E-state index in [0.717, 1.165) is 18.5 Å². The molecule has 2 atom stereocenters. The molecule has 0 bridgehead atoms. The van der Waals surface area contributed by atoms with Crippen LogP contribution in [0.2, 0.25) is 0 Å². The number of oxazole rings is 1. The molecule has 1 aliphatic carbocycles. The first-order valence-electron chi connectivity index (χ1n) is 4.51. The number of nitrogens with zero attached hydrogens (tertiary/aromatic N) is 1. The van der Waals surface area contributed by atoms with Crippen molar-refractivity contribution in [1.82, 2.24) is 4.98 Å². The third-order valence-corrected chi connectivity index (χ3v) is 2.65. The summed E-state index contributed by atoms with van der Waals surface area (Å²) in [4.78, 5) is 4.14. The molecule has 2 N–H and O–H groups in total. The molecule has 0 radical (unpaired) electrons. The molecule has 3 nitrogen and oxygen atoms in total. The van der Waals surface area contributed by atoms with Gasteiger partial charge in [0.25, 0.3) is 0 Å². The van der Waals surface area contributed by atoms with Crippen molar-refractivity contribution >= 4 is 0 Å². The summed E-state index contributed by atoms with van der Waals surface area (Å²) in [7, 11) is 0. The van der Waals surface area contributed by atoms with Crippen molar-refractivity contribution in [1.29, 1.82) is 0 Å². The average molecular weight is 166 g/mol. The summed E-state index contributed by atoms with van der Waals surface area (Å²) in [6, 6.07) is 0.281. The van der Waals surface area contributed by atoms with Crippen molar-refractivity contribution in [2.75, 3.05) is 0 Å². The third kappa shape index (κ3) is 1.37. The minimum atomic E-state index is 0.281. The van der Waals surface area contributed by atoms with E-state index in [-0.39, 0.29) is 6.04 Å². The first-order chi connectivity index (χ1) is 5.88. The summed E-state index contributed by atoms with van der Waals surface area (Å²) < 4.78 is 4.95. The maximum absolute atomic E-state index is 5.99. The molecule has 66 valence electrons. The topological polar surface area (TPSA) is 52.0 Å². The average Bonchev–Trinajstić information content (AvgIpc) is 2.57. The molecule has 0 amide bonds. The summed E-state index contributed by atoms with van der Waals surface area (Å²) >= 11 is 0. The van der Waals surface area contributed by atoms with Crippen LogP contribution in [0.5, 0.6) is 0 Å². The zero-order valence-corrected chi connectivity index (χ0v) is 7.07. The monoisotopic (exact) mass is 166 g/mol. The fourth-order valence-corrected chi connectivity index (χ4v) is 1.93. The fourth-order valence-electron chi connectivity index (χ4n) is 1.93. The molecule has 1 aromatic rings. The van der Waals surface area contributed by atoms with Crippen molar-refractivity contribution < 1.29 is 4.42 Å². The molecular formula is C9H14N2O. The van der Waals surface area contributed by atoms with Crippen LogP contribution in [0.4, 0.5) is 0 Å². The van der Waals surface area contributed by atoms with E-state index in [1.807, 2.05) is 0 Å². The predicted octanol–water partition coefficient (Wildman–Crippen LogP) is 1.66. The Balaban J connectivity index is 2.11. The van der Waals surface area contributed by atoms with Crippen molar-refractivity contribution in [3.05, 3.63) is 18.4 Å². The summed E-state index contributed by atoms with van der Waals surface area (Å²) in [6.07, 6.45) is 8.01. The van der Waals surface area contributed by atoms with Crippen LogP contribution in [0, 0.1) is 0 Å². The van der Waals surface area contributed by atoms with E-state index in [1.54, 1.807) is 6.26 Å². The standard InChI is InChI=1S/C9H14N2O/c10-8-4-2-1-3-7(8)9-5-12-6-11-9/h5-8H,1-4,10H2. The van der Waals surface area contributed by atoms with Gasteiger partial charge < -0.3 is 10.2 Å². The molecule has 1 aliphatic rings. The van der Waals surface area contributed by atoms with Gasteiger partial charge in [-0.15, -0.1) is 0 Å². The van der Waals surface area contributed by atoms with E-state index in [2.05, 4.69) is 4.98 Å². The second-order valence-corrected chi connectivity index (χ2v) is 3.47. The summed E-state index contributed by atoms with van der Waals surface area (Å²) in [5.74, 6) is 0.428. The van der Waals surface area contributed by atoms with Crippen LogP contribution in [0.1, 0.15) is 37.3 Å². The largest absolute Gasteiger partial charge is 0.451 e. The zero-order valence-electron chi connectivity index (χ0n) is 7.07. The number of hydrogen-bond donors (Lipinski definition) is 1. The Morgan fingerprint density at radius 3 is 2.92 bits per heavy atom. The molecule has 3 heteroatoms. The maximum Gasteiger partial charge on any atom is 0.180 e. The molecule has 2 unspecified atom stereocenters. The van der Waals surface area contributed by atoms with Gasteiger partial charge in [-0.1, -0.05) is 12.8 Å². The highest BCUT2D eigenvalue weighted by Gasteiger charge is 2.24. The summed E-state index contributed by atoms with van der Waals surface area (Å²) in [5.41, 5.74) is 7.02. The van der Waals surface area contributed by atoms with Gasteiger partial charge in [0.15, 0.2) is 6.39 Å². The molecule has 1 saturated carbocycles. The molecule has 0 aromatic carbocycles. The first-order valence-corrected chi connectivity index (χ1v) is 4.51. The lowest BCUT2D eigenvalue weighted by Crippen LogP contribution is -2.31. The Bertz CT molecular complexity index is 233. The molecule has 2 rings (SSSR count). The van der Waals surface area contributed by atoms with E-state index in [1.165, 1.54) is 19.2 Å². The van der Waals surface area contributed by atoms with Gasteiger partial charge in [-0.05, 0) is 12.8 Å². The number of aromatic nitrogens is 1. The first kappa shape index (κ1) is 7.80. The Morgan fingerprint density at radius 1 is 1.42 bits per heavy atom. The van der Waals surface area contributed by atoms with Crippen LogP contribution in [0.3, 0.4) is 0 Å². The maximum atomic E-state index is 5.99. The molecule has 1 heterocycles. The van der Waals surface area contributed by atoms with Crippen LogP contribution in [-0.4, -0.2) is 11.0 Å². The Morgan fingerprint density at radius 2 is 2.25 bits per heavy atom. The van der Waals surface area contributed by atoms with E-state index in [4.69, 9.17) is 10.2 Å². The second-order valence-electron chi connectivity index (χ2n) is 3.47. The SMILES string of the molecule is NC1CCCCC1c1cocn1. The Hall–Kier alpha value is -0.830. The highest BCUT2D eigenvalue weighted by atomic mass is 16.3. The van der Waals surface area contributed by atoms with E-state index in [9.17, 15) is 0 Å². The number of hydrogen-bond acceptors (Lipinski definition) is 3. The summed E-state index contributed by atoms with van der Waals surface area (Å²) in [6.45, 7) is 0. The third-order valence-electron chi connectivity index (χ3n) is 2.65. The summed E-state index contributed by atoms with van der Waals surface area (Å²) in [5, 5.41) is 0. The number of rotatable bonds is 1. The van der Waals surface area contributed by atoms with Gasteiger partial charge in [0, 0.05) is 12.0 Å². The molecule has 1 aromatic heterocycles. The lowest BCUT2D eigenvalue weighted by Gasteiger charge is -2.26. The van der Waals surface area contributed by atoms with E-state index >= 15 is 0 Å². The molecular weight excluding hydrogens is 152 g/mol. The highest BCUT2D eigenvalue weighted by molar-refractivity contribution is 5.06. The zero-order chi connectivity index (χ0) is 8.39.